The maximum Gasteiger partial charge on any atom is 0.163 e. The average Bonchev–Trinajstić information content (AvgIpc) is 2.26. The molecule has 1 aliphatic rings. The Morgan fingerprint density at radius 1 is 1.59 bits per heavy atom. The van der Waals surface area contributed by atoms with Crippen molar-refractivity contribution in [2.24, 2.45) is 0 Å². The van der Waals surface area contributed by atoms with Crippen molar-refractivity contribution in [2.45, 2.75) is 32.5 Å². The predicted octanol–water partition coefficient (Wildman–Crippen LogP) is 1.96. The van der Waals surface area contributed by atoms with Gasteiger partial charge in [-0.2, -0.15) is 5.26 Å². The molecule has 1 saturated heterocycles. The molecule has 4 heteroatoms. The zero-order valence-electron chi connectivity index (χ0n) is 10.5. The van der Waals surface area contributed by atoms with Crippen LogP contribution >= 0.6 is 0 Å². The summed E-state index contributed by atoms with van der Waals surface area (Å²) >= 11 is 0. The smallest absolute Gasteiger partial charge is 0.163 e. The van der Waals surface area contributed by atoms with Gasteiger partial charge in [-0.05, 0) is 32.9 Å². The van der Waals surface area contributed by atoms with Crippen LogP contribution in [0.2, 0.25) is 0 Å². The molecular formula is C13H17N3O. The van der Waals surface area contributed by atoms with E-state index in [2.05, 4.69) is 36.7 Å². The molecule has 1 fully saturated rings. The van der Waals surface area contributed by atoms with Gasteiger partial charge in [0.25, 0.3) is 0 Å². The molecule has 4 nitrogen and oxygen atoms in total. The minimum atomic E-state index is -0.194. The number of nitriles is 1. The average molecular weight is 231 g/mol. The first-order chi connectivity index (χ1) is 8.02. The third kappa shape index (κ3) is 2.56. The van der Waals surface area contributed by atoms with Crippen LogP contribution < -0.4 is 4.90 Å². The minimum absolute atomic E-state index is 0.158. The van der Waals surface area contributed by atoms with E-state index in [4.69, 9.17) is 10.00 Å². The lowest BCUT2D eigenvalue weighted by Crippen LogP contribution is -2.52. The number of rotatable bonds is 1. The Kier molecular flexibility index (Phi) is 3.03. The van der Waals surface area contributed by atoms with Gasteiger partial charge in [0.1, 0.15) is 6.07 Å². The summed E-state index contributed by atoms with van der Waals surface area (Å²) in [5.41, 5.74) is 1.19. The van der Waals surface area contributed by atoms with E-state index >= 15 is 0 Å². The summed E-state index contributed by atoms with van der Waals surface area (Å²) in [5.74, 6) is 0. The molecule has 1 atom stereocenters. The molecule has 2 rings (SSSR count). The third-order valence-electron chi connectivity index (χ3n) is 2.80. The summed E-state index contributed by atoms with van der Waals surface area (Å²) in [7, 11) is 0. The quantitative estimate of drug-likeness (QED) is 0.741. The highest BCUT2D eigenvalue weighted by molar-refractivity contribution is 5.56. The number of hydrogen-bond donors (Lipinski definition) is 0. The fourth-order valence-electron chi connectivity index (χ4n) is 2.38. The molecule has 1 aromatic heterocycles. The molecule has 0 spiro atoms. The Morgan fingerprint density at radius 3 is 3.00 bits per heavy atom. The molecule has 0 saturated carbocycles. The van der Waals surface area contributed by atoms with Crippen LogP contribution in [0.3, 0.4) is 0 Å². The van der Waals surface area contributed by atoms with Crippen molar-refractivity contribution in [3.63, 3.8) is 0 Å². The lowest BCUT2D eigenvalue weighted by Gasteiger charge is -2.42. The number of hydrogen-bond acceptors (Lipinski definition) is 4. The maximum atomic E-state index is 9.07. The Labute approximate surface area is 102 Å². The molecule has 2 heterocycles. The first kappa shape index (κ1) is 11.9. The van der Waals surface area contributed by atoms with E-state index in [-0.39, 0.29) is 11.7 Å². The largest absolute Gasteiger partial charge is 0.369 e. The fourth-order valence-corrected chi connectivity index (χ4v) is 2.38. The van der Waals surface area contributed by atoms with Crippen molar-refractivity contribution in [1.29, 1.82) is 5.26 Å². The van der Waals surface area contributed by atoms with E-state index in [0.717, 1.165) is 18.8 Å². The van der Waals surface area contributed by atoms with Gasteiger partial charge >= 0.3 is 0 Å². The Balaban J connectivity index is 2.31. The van der Waals surface area contributed by atoms with E-state index in [1.165, 1.54) is 0 Å². The number of anilines is 1. The number of ether oxygens (including phenoxy) is 1. The van der Waals surface area contributed by atoms with Gasteiger partial charge in [0.05, 0.1) is 17.4 Å². The second kappa shape index (κ2) is 4.34. The van der Waals surface area contributed by atoms with Gasteiger partial charge in [0, 0.05) is 19.3 Å². The van der Waals surface area contributed by atoms with Crippen LogP contribution in [0.15, 0.2) is 18.3 Å². The monoisotopic (exact) mass is 231 g/mol. The van der Waals surface area contributed by atoms with Crippen LogP contribution in [-0.2, 0) is 4.74 Å². The summed E-state index contributed by atoms with van der Waals surface area (Å²) in [5, 5.41) is 9.07. The molecule has 0 bridgehead atoms. The molecule has 0 N–H and O–H groups in total. The van der Waals surface area contributed by atoms with E-state index in [0.29, 0.717) is 5.69 Å². The standard InChI is InChI=1S/C13H17N3O/c1-10-8-16(9-13(2,3)17-10)12-5-4-6-15-11(12)7-14/h4-6,10H,8-9H2,1-3H3. The zero-order chi connectivity index (χ0) is 12.5. The minimum Gasteiger partial charge on any atom is -0.369 e. The van der Waals surface area contributed by atoms with Crippen LogP contribution in [0.25, 0.3) is 0 Å². The number of pyridine rings is 1. The van der Waals surface area contributed by atoms with Gasteiger partial charge in [0.15, 0.2) is 5.69 Å². The van der Waals surface area contributed by atoms with Gasteiger partial charge in [-0.15, -0.1) is 0 Å². The summed E-state index contributed by atoms with van der Waals surface area (Å²) in [6.45, 7) is 7.76. The van der Waals surface area contributed by atoms with Crippen molar-refractivity contribution in [3.8, 4) is 6.07 Å². The van der Waals surface area contributed by atoms with E-state index in [1.54, 1.807) is 6.20 Å². The highest BCUT2D eigenvalue weighted by atomic mass is 16.5. The highest BCUT2D eigenvalue weighted by Crippen LogP contribution is 2.27. The molecule has 0 radical (unpaired) electrons. The normalized spacial score (nSPS) is 23.2. The molecule has 0 amide bonds. The molecule has 90 valence electrons. The zero-order valence-corrected chi connectivity index (χ0v) is 10.5. The van der Waals surface area contributed by atoms with Gasteiger partial charge in [0.2, 0.25) is 0 Å². The van der Waals surface area contributed by atoms with Crippen molar-refractivity contribution in [2.75, 3.05) is 18.0 Å². The number of aromatic nitrogens is 1. The van der Waals surface area contributed by atoms with Crippen molar-refractivity contribution in [3.05, 3.63) is 24.0 Å². The molecular weight excluding hydrogens is 214 g/mol. The molecule has 1 aromatic rings. The number of nitrogens with zero attached hydrogens (tertiary/aromatic N) is 3. The SMILES string of the molecule is CC1CN(c2cccnc2C#N)CC(C)(C)O1. The summed E-state index contributed by atoms with van der Waals surface area (Å²) < 4.78 is 5.85. The second-order valence-corrected chi connectivity index (χ2v) is 5.05. The van der Waals surface area contributed by atoms with Gasteiger partial charge in [-0.3, -0.25) is 0 Å². The van der Waals surface area contributed by atoms with Crippen LogP contribution in [0.4, 0.5) is 5.69 Å². The third-order valence-corrected chi connectivity index (χ3v) is 2.80. The topological polar surface area (TPSA) is 49.2 Å². The lowest BCUT2D eigenvalue weighted by atomic mass is 10.0. The fraction of sp³-hybridized carbons (Fsp3) is 0.538. The van der Waals surface area contributed by atoms with Crippen LogP contribution in [-0.4, -0.2) is 29.8 Å². The van der Waals surface area contributed by atoms with Crippen LogP contribution in [0.5, 0.6) is 0 Å². The Bertz CT molecular complexity index is 450. The van der Waals surface area contributed by atoms with E-state index in [9.17, 15) is 0 Å². The first-order valence-corrected chi connectivity index (χ1v) is 5.80. The first-order valence-electron chi connectivity index (χ1n) is 5.80. The van der Waals surface area contributed by atoms with Crippen molar-refractivity contribution < 1.29 is 4.74 Å². The predicted molar refractivity (Wildman–Crippen MR) is 65.8 cm³/mol. The van der Waals surface area contributed by atoms with Crippen molar-refractivity contribution in [1.82, 2.24) is 4.98 Å². The second-order valence-electron chi connectivity index (χ2n) is 5.05. The van der Waals surface area contributed by atoms with Crippen LogP contribution in [0.1, 0.15) is 26.5 Å². The highest BCUT2D eigenvalue weighted by Gasteiger charge is 2.32. The summed E-state index contributed by atoms with van der Waals surface area (Å²) in [6.07, 6.45) is 1.81. The van der Waals surface area contributed by atoms with Crippen LogP contribution in [0, 0.1) is 11.3 Å². The molecule has 17 heavy (non-hydrogen) atoms. The lowest BCUT2D eigenvalue weighted by molar-refractivity contribution is -0.0750. The van der Waals surface area contributed by atoms with Gasteiger partial charge in [-0.25, -0.2) is 4.98 Å². The molecule has 1 aliphatic heterocycles. The molecule has 0 aliphatic carbocycles. The van der Waals surface area contributed by atoms with Gasteiger partial charge < -0.3 is 9.64 Å². The van der Waals surface area contributed by atoms with E-state index < -0.39 is 0 Å². The maximum absolute atomic E-state index is 9.07. The van der Waals surface area contributed by atoms with E-state index in [1.807, 2.05) is 12.1 Å². The Hall–Kier alpha value is -1.60. The summed E-state index contributed by atoms with van der Waals surface area (Å²) in [6, 6.07) is 5.95. The molecule has 0 aromatic carbocycles. The Morgan fingerprint density at radius 2 is 2.35 bits per heavy atom. The summed E-state index contributed by atoms with van der Waals surface area (Å²) in [4.78, 5) is 6.28. The number of morpholine rings is 1. The van der Waals surface area contributed by atoms with Gasteiger partial charge in [-0.1, -0.05) is 0 Å². The van der Waals surface area contributed by atoms with Crippen molar-refractivity contribution >= 4 is 5.69 Å². The molecule has 1 unspecified atom stereocenters.